The molecule has 0 saturated carbocycles. The molecule has 1 atom stereocenters. The van der Waals surface area contributed by atoms with E-state index < -0.39 is 6.04 Å². The first kappa shape index (κ1) is 15.1. The average Bonchev–Trinajstić information content (AvgIpc) is 2.38. The molecule has 1 amide bonds. The number of para-hydroxylation sites is 1. The van der Waals surface area contributed by atoms with Gasteiger partial charge in [0.1, 0.15) is 0 Å². The molecule has 0 aliphatic carbocycles. The summed E-state index contributed by atoms with van der Waals surface area (Å²) in [6, 6.07) is 7.50. The fourth-order valence-electron chi connectivity index (χ4n) is 1.88. The Kier molecular flexibility index (Phi) is 6.22. The van der Waals surface area contributed by atoms with Crippen LogP contribution in [0.15, 0.2) is 24.3 Å². The summed E-state index contributed by atoms with van der Waals surface area (Å²) in [6.07, 6.45) is 2.75. The minimum absolute atomic E-state index is 0.0147. The van der Waals surface area contributed by atoms with Crippen LogP contribution in [-0.2, 0) is 4.79 Å². The Morgan fingerprint density at radius 3 is 2.67 bits per heavy atom. The molecule has 1 aromatic rings. The maximum atomic E-state index is 12.3. The van der Waals surface area contributed by atoms with E-state index in [1.165, 1.54) is 0 Å². The van der Waals surface area contributed by atoms with Gasteiger partial charge in [0.05, 0.1) is 6.04 Å². The van der Waals surface area contributed by atoms with E-state index >= 15 is 0 Å². The molecule has 1 aromatic carbocycles. The van der Waals surface area contributed by atoms with Crippen molar-refractivity contribution in [3.8, 4) is 0 Å². The van der Waals surface area contributed by atoms with Crippen LogP contribution in [0.25, 0.3) is 0 Å². The van der Waals surface area contributed by atoms with Gasteiger partial charge in [0.2, 0.25) is 5.91 Å². The normalized spacial score (nSPS) is 12.2. The van der Waals surface area contributed by atoms with Crippen LogP contribution in [0.2, 0.25) is 0 Å². The van der Waals surface area contributed by atoms with Crippen LogP contribution in [0.4, 0.5) is 5.69 Å². The van der Waals surface area contributed by atoms with Gasteiger partial charge in [-0.1, -0.05) is 18.2 Å². The predicted molar refractivity (Wildman–Crippen MR) is 80.2 cm³/mol. The van der Waals surface area contributed by atoms with Gasteiger partial charge in [-0.25, -0.2) is 0 Å². The summed E-state index contributed by atoms with van der Waals surface area (Å²) in [7, 11) is 0. The molecule has 0 aromatic heterocycles. The third-order valence-electron chi connectivity index (χ3n) is 2.94. The van der Waals surface area contributed by atoms with Crippen LogP contribution in [0, 0.1) is 6.92 Å². The largest absolute Gasteiger partial charge is 0.320 e. The summed E-state index contributed by atoms with van der Waals surface area (Å²) < 4.78 is 0. The molecular weight excluding hydrogens is 244 g/mol. The van der Waals surface area contributed by atoms with Crippen LogP contribution in [0.3, 0.4) is 0 Å². The van der Waals surface area contributed by atoms with Crippen molar-refractivity contribution in [1.29, 1.82) is 0 Å². The fraction of sp³-hybridized carbons (Fsp3) is 0.500. The van der Waals surface area contributed by atoms with Gasteiger partial charge in [-0.15, -0.1) is 0 Å². The smallest absolute Gasteiger partial charge is 0.243 e. The van der Waals surface area contributed by atoms with E-state index in [1.807, 2.05) is 44.4 Å². The number of likely N-dealkylation sites (N-methyl/N-ethyl adjacent to an activating group) is 1. The van der Waals surface area contributed by atoms with Gasteiger partial charge < -0.3 is 10.6 Å². The quantitative estimate of drug-likeness (QED) is 0.860. The highest BCUT2D eigenvalue weighted by Gasteiger charge is 2.21. The van der Waals surface area contributed by atoms with Crippen molar-refractivity contribution >= 4 is 23.4 Å². The Morgan fingerprint density at radius 2 is 2.11 bits per heavy atom. The number of carbonyl (C=O) groups is 1. The predicted octanol–water partition coefficient (Wildman–Crippen LogP) is 2.43. The summed E-state index contributed by atoms with van der Waals surface area (Å²) in [5, 5.41) is 0. The number of nitrogens with two attached hydrogens (primary N) is 1. The molecule has 1 rings (SSSR count). The van der Waals surface area contributed by atoms with Crippen molar-refractivity contribution in [3.05, 3.63) is 29.8 Å². The summed E-state index contributed by atoms with van der Waals surface area (Å²) in [6.45, 7) is 4.64. The lowest BCUT2D eigenvalue weighted by Crippen LogP contribution is -2.44. The molecule has 0 heterocycles. The number of anilines is 1. The van der Waals surface area contributed by atoms with Crippen molar-refractivity contribution in [2.45, 2.75) is 26.3 Å². The Bertz CT molecular complexity index is 395. The highest BCUT2D eigenvalue weighted by molar-refractivity contribution is 7.98. The van der Waals surface area contributed by atoms with Crippen molar-refractivity contribution in [1.82, 2.24) is 0 Å². The van der Waals surface area contributed by atoms with E-state index in [0.29, 0.717) is 6.54 Å². The van der Waals surface area contributed by atoms with Gasteiger partial charge in [0.25, 0.3) is 0 Å². The van der Waals surface area contributed by atoms with Gasteiger partial charge in [-0.3, -0.25) is 4.79 Å². The van der Waals surface area contributed by atoms with Crippen LogP contribution in [0.1, 0.15) is 18.9 Å². The topological polar surface area (TPSA) is 46.3 Å². The minimum atomic E-state index is -0.406. The average molecular weight is 266 g/mol. The van der Waals surface area contributed by atoms with E-state index in [2.05, 4.69) is 0 Å². The van der Waals surface area contributed by atoms with Crippen molar-refractivity contribution in [2.75, 3.05) is 23.5 Å². The number of thioether (sulfide) groups is 1. The van der Waals surface area contributed by atoms with Gasteiger partial charge in [-0.05, 0) is 43.9 Å². The molecule has 18 heavy (non-hydrogen) atoms. The molecule has 3 nitrogen and oxygen atoms in total. The van der Waals surface area contributed by atoms with Gasteiger partial charge in [-0.2, -0.15) is 11.8 Å². The first-order valence-corrected chi connectivity index (χ1v) is 7.62. The molecule has 0 radical (unpaired) electrons. The van der Waals surface area contributed by atoms with Gasteiger partial charge in [0.15, 0.2) is 0 Å². The molecule has 2 N–H and O–H groups in total. The number of rotatable bonds is 6. The molecule has 0 bridgehead atoms. The third-order valence-corrected chi connectivity index (χ3v) is 3.58. The zero-order chi connectivity index (χ0) is 13.5. The Hall–Kier alpha value is -1.00. The zero-order valence-electron chi connectivity index (χ0n) is 11.3. The molecule has 0 saturated heterocycles. The molecule has 0 spiro atoms. The lowest BCUT2D eigenvalue weighted by molar-refractivity contribution is -0.119. The van der Waals surface area contributed by atoms with Crippen LogP contribution < -0.4 is 10.6 Å². The van der Waals surface area contributed by atoms with Gasteiger partial charge >= 0.3 is 0 Å². The SMILES string of the molecule is CCN(C(=O)[C@H](N)CCSC)c1ccccc1C. The van der Waals surface area contributed by atoms with E-state index in [-0.39, 0.29) is 5.91 Å². The number of hydrogen-bond acceptors (Lipinski definition) is 3. The van der Waals surface area contributed by atoms with Crippen molar-refractivity contribution < 1.29 is 4.79 Å². The molecular formula is C14H22N2OS. The Morgan fingerprint density at radius 1 is 1.44 bits per heavy atom. The molecule has 0 aliphatic heterocycles. The first-order chi connectivity index (χ1) is 8.61. The number of aryl methyl sites for hydroxylation is 1. The van der Waals surface area contributed by atoms with Crippen LogP contribution in [-0.4, -0.2) is 30.5 Å². The second-order valence-corrected chi connectivity index (χ2v) is 5.24. The standard InChI is InChI=1S/C14H22N2OS/c1-4-16(13-8-6-5-7-11(13)2)14(17)12(15)9-10-18-3/h5-8,12H,4,9-10,15H2,1-3H3/t12-/m1/s1. The molecule has 0 fully saturated rings. The highest BCUT2D eigenvalue weighted by Crippen LogP contribution is 2.20. The highest BCUT2D eigenvalue weighted by atomic mass is 32.2. The number of benzene rings is 1. The lowest BCUT2D eigenvalue weighted by Gasteiger charge is -2.25. The van der Waals surface area contributed by atoms with Crippen molar-refractivity contribution in [2.24, 2.45) is 5.73 Å². The summed E-state index contributed by atoms with van der Waals surface area (Å²) in [4.78, 5) is 14.1. The summed E-state index contributed by atoms with van der Waals surface area (Å²) >= 11 is 1.71. The number of nitrogens with zero attached hydrogens (tertiary/aromatic N) is 1. The molecule has 0 unspecified atom stereocenters. The number of carbonyl (C=O) groups excluding carboxylic acids is 1. The van der Waals surface area contributed by atoms with E-state index in [4.69, 9.17) is 5.73 Å². The fourth-order valence-corrected chi connectivity index (χ4v) is 2.37. The third kappa shape index (κ3) is 3.75. The second kappa shape index (κ2) is 7.44. The maximum absolute atomic E-state index is 12.3. The molecule has 100 valence electrons. The minimum Gasteiger partial charge on any atom is -0.320 e. The van der Waals surface area contributed by atoms with E-state index in [9.17, 15) is 4.79 Å². The second-order valence-electron chi connectivity index (χ2n) is 4.26. The zero-order valence-corrected chi connectivity index (χ0v) is 12.2. The Balaban J connectivity index is 2.83. The first-order valence-electron chi connectivity index (χ1n) is 6.23. The van der Waals surface area contributed by atoms with Gasteiger partial charge in [0, 0.05) is 12.2 Å². The lowest BCUT2D eigenvalue weighted by atomic mass is 10.1. The number of hydrogen-bond donors (Lipinski definition) is 1. The Labute approximate surface area is 114 Å². The van der Waals surface area contributed by atoms with Crippen LogP contribution in [0.5, 0.6) is 0 Å². The van der Waals surface area contributed by atoms with E-state index in [1.54, 1.807) is 16.7 Å². The van der Waals surface area contributed by atoms with Crippen LogP contribution >= 0.6 is 11.8 Å². The summed E-state index contributed by atoms with van der Waals surface area (Å²) in [5.74, 6) is 0.930. The molecule has 0 aliphatic rings. The maximum Gasteiger partial charge on any atom is 0.243 e. The van der Waals surface area contributed by atoms with E-state index in [0.717, 1.165) is 23.4 Å². The van der Waals surface area contributed by atoms with Crippen molar-refractivity contribution in [3.63, 3.8) is 0 Å². The number of amides is 1. The molecule has 4 heteroatoms. The monoisotopic (exact) mass is 266 g/mol. The summed E-state index contributed by atoms with van der Waals surface area (Å²) in [5.41, 5.74) is 8.03.